The lowest BCUT2D eigenvalue weighted by molar-refractivity contribution is -0.0265. The summed E-state index contributed by atoms with van der Waals surface area (Å²) < 4.78 is 6.12. The molecule has 0 spiro atoms. The van der Waals surface area contributed by atoms with Crippen LogP contribution in [0.1, 0.15) is 46.9 Å². The number of aryl methyl sites for hydroxylation is 2. The molecule has 1 aliphatic heterocycles. The van der Waals surface area contributed by atoms with Gasteiger partial charge in [0.2, 0.25) is 0 Å². The highest BCUT2D eigenvalue weighted by Gasteiger charge is 2.27. The second-order valence-electron chi connectivity index (χ2n) is 6.98. The lowest BCUT2D eigenvalue weighted by Crippen LogP contribution is -2.41. The maximum Gasteiger partial charge on any atom is 0.191 e. The fraction of sp³-hybridized carbons (Fsp3) is 0.524. The van der Waals surface area contributed by atoms with Gasteiger partial charge in [0.1, 0.15) is 5.01 Å². The van der Waals surface area contributed by atoms with Gasteiger partial charge >= 0.3 is 0 Å². The maximum absolute atomic E-state index is 6.12. The van der Waals surface area contributed by atoms with Crippen LogP contribution in [0.4, 0.5) is 0 Å². The van der Waals surface area contributed by atoms with E-state index in [2.05, 4.69) is 58.7 Å². The molecule has 2 unspecified atom stereocenters. The van der Waals surface area contributed by atoms with Crippen LogP contribution in [0.3, 0.4) is 0 Å². The minimum Gasteiger partial charge on any atom is -0.373 e. The molecule has 5 nitrogen and oxygen atoms in total. The summed E-state index contributed by atoms with van der Waals surface area (Å²) in [6.07, 6.45) is 5.42. The lowest BCUT2D eigenvalue weighted by Gasteiger charge is -2.32. The van der Waals surface area contributed by atoms with Crippen molar-refractivity contribution in [2.45, 2.75) is 45.8 Å². The average Bonchev–Trinajstić information content (AvgIpc) is 3.17. The Hall–Kier alpha value is -1.92. The summed E-state index contributed by atoms with van der Waals surface area (Å²) in [5, 5.41) is 7.94. The predicted molar refractivity (Wildman–Crippen MR) is 112 cm³/mol. The minimum absolute atomic E-state index is 0.149. The zero-order valence-electron chi connectivity index (χ0n) is 16.5. The van der Waals surface area contributed by atoms with Crippen molar-refractivity contribution in [2.24, 2.45) is 10.9 Å². The maximum atomic E-state index is 6.12. The molecule has 0 bridgehead atoms. The van der Waals surface area contributed by atoms with Crippen LogP contribution in [0.2, 0.25) is 0 Å². The Labute approximate surface area is 166 Å². The highest BCUT2D eigenvalue weighted by molar-refractivity contribution is 7.11. The molecule has 0 saturated carbocycles. The number of benzene rings is 1. The standard InChI is InChI=1S/C21H30N4OS/c1-4-18-13-23-19(27-18)14-25-21(22-3)24-12-17-6-5-11-26-20(17)16-9-7-15(2)8-10-16/h7-10,13,17,20H,4-6,11-12,14H2,1-3H3,(H2,22,24,25). The molecule has 0 aliphatic carbocycles. The number of thiazole rings is 1. The molecule has 1 saturated heterocycles. The number of aliphatic imine (C=N–C) groups is 1. The first-order valence-electron chi connectivity index (χ1n) is 9.76. The summed E-state index contributed by atoms with van der Waals surface area (Å²) in [5.74, 6) is 1.25. The topological polar surface area (TPSA) is 58.5 Å². The van der Waals surface area contributed by atoms with Crippen LogP contribution in [0, 0.1) is 12.8 Å². The number of aromatic nitrogens is 1. The molecular weight excluding hydrogens is 356 g/mol. The highest BCUT2D eigenvalue weighted by Crippen LogP contribution is 2.33. The number of hydrogen-bond acceptors (Lipinski definition) is 4. The summed E-state index contributed by atoms with van der Waals surface area (Å²) in [7, 11) is 1.81. The molecular formula is C21H30N4OS. The zero-order chi connectivity index (χ0) is 19.1. The monoisotopic (exact) mass is 386 g/mol. The quantitative estimate of drug-likeness (QED) is 0.585. The van der Waals surface area contributed by atoms with E-state index in [1.54, 1.807) is 11.3 Å². The summed E-state index contributed by atoms with van der Waals surface area (Å²) in [6.45, 7) is 6.66. The lowest BCUT2D eigenvalue weighted by atomic mass is 9.89. The van der Waals surface area contributed by atoms with E-state index in [-0.39, 0.29) is 6.10 Å². The SMILES string of the molecule is CCc1cnc(CNC(=NC)NCC2CCCOC2c2ccc(C)cc2)s1. The van der Waals surface area contributed by atoms with Crippen LogP contribution in [0.25, 0.3) is 0 Å². The Balaban J connectivity index is 1.54. The van der Waals surface area contributed by atoms with E-state index in [0.29, 0.717) is 12.5 Å². The number of nitrogens with one attached hydrogen (secondary N) is 2. The number of ether oxygens (including phenoxy) is 1. The van der Waals surface area contributed by atoms with E-state index in [4.69, 9.17) is 4.74 Å². The van der Waals surface area contributed by atoms with Gasteiger partial charge < -0.3 is 15.4 Å². The van der Waals surface area contributed by atoms with Gasteiger partial charge in [-0.05, 0) is 31.7 Å². The third-order valence-electron chi connectivity index (χ3n) is 4.96. The van der Waals surface area contributed by atoms with Crippen molar-refractivity contribution < 1.29 is 4.74 Å². The van der Waals surface area contributed by atoms with Gasteiger partial charge in [-0.2, -0.15) is 0 Å². The van der Waals surface area contributed by atoms with Gasteiger partial charge in [0, 0.05) is 37.2 Å². The van der Waals surface area contributed by atoms with Gasteiger partial charge in [-0.15, -0.1) is 11.3 Å². The number of hydrogen-bond donors (Lipinski definition) is 2. The van der Waals surface area contributed by atoms with Crippen LogP contribution in [0.5, 0.6) is 0 Å². The Bertz CT molecular complexity index is 741. The fourth-order valence-corrected chi connectivity index (χ4v) is 4.18. The molecule has 3 rings (SSSR count). The molecule has 146 valence electrons. The Kier molecular flexibility index (Phi) is 7.24. The molecule has 1 aliphatic rings. The third kappa shape index (κ3) is 5.53. The molecule has 1 aromatic heterocycles. The van der Waals surface area contributed by atoms with Gasteiger partial charge in [0.25, 0.3) is 0 Å². The van der Waals surface area contributed by atoms with E-state index < -0.39 is 0 Å². The van der Waals surface area contributed by atoms with Crippen LogP contribution in [0.15, 0.2) is 35.5 Å². The Morgan fingerprint density at radius 2 is 2.11 bits per heavy atom. The van der Waals surface area contributed by atoms with E-state index in [0.717, 1.165) is 43.4 Å². The van der Waals surface area contributed by atoms with E-state index in [9.17, 15) is 0 Å². The van der Waals surface area contributed by atoms with Crippen molar-refractivity contribution in [1.29, 1.82) is 0 Å². The van der Waals surface area contributed by atoms with Crippen molar-refractivity contribution in [1.82, 2.24) is 15.6 Å². The largest absolute Gasteiger partial charge is 0.373 e. The first kappa shape index (κ1) is 19.8. The van der Waals surface area contributed by atoms with Gasteiger partial charge in [0.15, 0.2) is 5.96 Å². The van der Waals surface area contributed by atoms with Crippen LogP contribution in [-0.2, 0) is 17.7 Å². The molecule has 6 heteroatoms. The summed E-state index contributed by atoms with van der Waals surface area (Å²) in [6, 6.07) is 8.71. The Morgan fingerprint density at radius 1 is 1.30 bits per heavy atom. The zero-order valence-corrected chi connectivity index (χ0v) is 17.3. The van der Waals surface area contributed by atoms with Crippen molar-refractivity contribution in [3.8, 4) is 0 Å². The fourth-order valence-electron chi connectivity index (χ4n) is 3.38. The molecule has 1 aromatic carbocycles. The van der Waals surface area contributed by atoms with E-state index >= 15 is 0 Å². The van der Waals surface area contributed by atoms with E-state index in [1.807, 2.05) is 13.2 Å². The molecule has 0 amide bonds. The molecule has 2 N–H and O–H groups in total. The summed E-state index contributed by atoms with van der Waals surface area (Å²) >= 11 is 1.75. The minimum atomic E-state index is 0.149. The molecule has 1 fully saturated rings. The van der Waals surface area contributed by atoms with Crippen molar-refractivity contribution in [3.63, 3.8) is 0 Å². The second-order valence-corrected chi connectivity index (χ2v) is 8.18. The summed E-state index contributed by atoms with van der Waals surface area (Å²) in [4.78, 5) is 10.1. The molecule has 2 aromatic rings. The van der Waals surface area contributed by atoms with Gasteiger partial charge in [0.05, 0.1) is 12.6 Å². The number of rotatable bonds is 6. The molecule has 0 radical (unpaired) electrons. The van der Waals surface area contributed by atoms with Crippen molar-refractivity contribution >= 4 is 17.3 Å². The number of nitrogens with zero attached hydrogens (tertiary/aromatic N) is 2. The Morgan fingerprint density at radius 3 is 2.81 bits per heavy atom. The van der Waals surface area contributed by atoms with E-state index in [1.165, 1.54) is 16.0 Å². The second kappa shape index (κ2) is 9.85. The number of guanidine groups is 1. The van der Waals surface area contributed by atoms with Gasteiger partial charge in [-0.1, -0.05) is 36.8 Å². The molecule has 2 heterocycles. The first-order valence-corrected chi connectivity index (χ1v) is 10.6. The smallest absolute Gasteiger partial charge is 0.191 e. The molecule has 2 atom stereocenters. The first-order chi connectivity index (χ1) is 13.2. The molecule has 27 heavy (non-hydrogen) atoms. The summed E-state index contributed by atoms with van der Waals surface area (Å²) in [5.41, 5.74) is 2.55. The van der Waals surface area contributed by atoms with Crippen LogP contribution < -0.4 is 10.6 Å². The normalized spacial score (nSPS) is 20.5. The average molecular weight is 387 g/mol. The third-order valence-corrected chi connectivity index (χ3v) is 6.10. The van der Waals surface area contributed by atoms with Crippen LogP contribution in [-0.4, -0.2) is 31.1 Å². The highest BCUT2D eigenvalue weighted by atomic mass is 32.1. The van der Waals surface area contributed by atoms with Gasteiger partial charge in [-0.3, -0.25) is 4.99 Å². The van der Waals surface area contributed by atoms with Crippen molar-refractivity contribution in [3.05, 3.63) is 51.5 Å². The van der Waals surface area contributed by atoms with Crippen LogP contribution >= 0.6 is 11.3 Å². The van der Waals surface area contributed by atoms with Gasteiger partial charge in [-0.25, -0.2) is 4.98 Å². The van der Waals surface area contributed by atoms with Crippen molar-refractivity contribution in [2.75, 3.05) is 20.2 Å². The predicted octanol–water partition coefficient (Wildman–Crippen LogP) is 3.85.